The van der Waals surface area contributed by atoms with E-state index in [1.165, 1.54) is 0 Å². The molecule has 0 spiro atoms. The highest BCUT2D eigenvalue weighted by atomic mass is 32.3. The first-order valence-corrected chi connectivity index (χ1v) is 6.28. The van der Waals surface area contributed by atoms with Crippen molar-refractivity contribution < 1.29 is 0 Å². The van der Waals surface area contributed by atoms with Crippen LogP contribution in [0.4, 0.5) is 0 Å². The second kappa shape index (κ2) is 1.25. The van der Waals surface area contributed by atoms with E-state index in [2.05, 4.69) is 36.1 Å². The predicted octanol–water partition coefficient (Wildman–Crippen LogP) is 1.19. The van der Waals surface area contributed by atoms with E-state index >= 15 is 0 Å². The van der Waals surface area contributed by atoms with Crippen molar-refractivity contribution in [2.75, 3.05) is 25.0 Å². The van der Waals surface area contributed by atoms with Gasteiger partial charge in [-0.25, -0.2) is 9.35 Å². The predicted molar refractivity (Wildman–Crippen MR) is 42.2 cm³/mol. The van der Waals surface area contributed by atoms with Gasteiger partial charge >= 0.3 is 0 Å². The van der Waals surface area contributed by atoms with Gasteiger partial charge in [-0.15, -0.1) is 0 Å². The van der Waals surface area contributed by atoms with E-state index in [1.54, 1.807) is 0 Å². The van der Waals surface area contributed by atoms with E-state index < -0.39 is 9.35 Å². The minimum atomic E-state index is -1.56. The summed E-state index contributed by atoms with van der Waals surface area (Å²) in [6.45, 7) is 3.51. The Kier molecular flexibility index (Phi) is 1.25. The summed E-state index contributed by atoms with van der Waals surface area (Å²) in [6.07, 6.45) is 8.66. The van der Waals surface area contributed by atoms with Gasteiger partial charge in [0.1, 0.15) is 0 Å². The summed E-state index contributed by atoms with van der Waals surface area (Å²) >= 11 is 0. The van der Waals surface area contributed by atoms with Gasteiger partial charge in [0.15, 0.2) is 0 Å². The lowest BCUT2D eigenvalue weighted by atomic mass is 11.8. The Morgan fingerprint density at radius 1 is 1.14 bits per heavy atom. The molecule has 0 heterocycles. The van der Waals surface area contributed by atoms with Crippen LogP contribution in [-0.4, -0.2) is 31.7 Å². The molecule has 0 aromatic carbocycles. The van der Waals surface area contributed by atoms with Crippen LogP contribution in [0.1, 0.15) is 0 Å². The zero-order chi connectivity index (χ0) is 6.15. The Bertz CT molecular complexity index is 78.7. The molecule has 2 heteroatoms. The van der Waals surface area contributed by atoms with Gasteiger partial charge in [0.2, 0.25) is 0 Å². The molecule has 0 aliphatic rings. The monoisotopic (exact) mass is 121 g/mol. The Hall–Kier alpha value is 0.0200. The second-order valence-electron chi connectivity index (χ2n) is 3.62. The summed E-state index contributed by atoms with van der Waals surface area (Å²) < 4.78 is 4.03. The fourth-order valence-corrected chi connectivity index (χ4v) is 0. The molecule has 0 radical (unpaired) electrons. The molecule has 7 heavy (non-hydrogen) atoms. The highest BCUT2D eigenvalue weighted by Gasteiger charge is 2.11. The summed E-state index contributed by atoms with van der Waals surface area (Å²) in [5.41, 5.74) is 0. The van der Waals surface area contributed by atoms with Crippen molar-refractivity contribution in [3.63, 3.8) is 0 Å². The van der Waals surface area contributed by atoms with Crippen molar-refractivity contribution in [3.05, 3.63) is 0 Å². The van der Waals surface area contributed by atoms with Gasteiger partial charge in [0.05, 0.1) is 0 Å². The minimum Gasteiger partial charge on any atom is -0.272 e. The van der Waals surface area contributed by atoms with Crippen LogP contribution in [0.15, 0.2) is 4.40 Å². The van der Waals surface area contributed by atoms with Crippen LogP contribution < -0.4 is 0 Å². The molecule has 0 bridgehead atoms. The molecule has 0 saturated heterocycles. The molecule has 0 amide bonds. The molecule has 0 unspecified atom stereocenters. The lowest BCUT2D eigenvalue weighted by Crippen LogP contribution is -2.04. The first kappa shape index (κ1) is 7.02. The maximum Gasteiger partial charge on any atom is -0.00503 e. The van der Waals surface area contributed by atoms with Crippen molar-refractivity contribution in [1.29, 1.82) is 0 Å². The first-order valence-electron chi connectivity index (χ1n) is 2.31. The van der Waals surface area contributed by atoms with Crippen molar-refractivity contribution in [2.24, 2.45) is 4.40 Å². The van der Waals surface area contributed by atoms with Crippen molar-refractivity contribution in [3.8, 4) is 0 Å². The number of thiol groups is 1. The van der Waals surface area contributed by atoms with Crippen LogP contribution in [0.5, 0.6) is 0 Å². The average Bonchev–Trinajstić information content (AvgIpc) is 1.32. The molecule has 46 valence electrons. The topological polar surface area (TPSA) is 12.4 Å². The third kappa shape index (κ3) is 6.02. The van der Waals surface area contributed by atoms with E-state index in [4.69, 9.17) is 0 Å². The average molecular weight is 121 g/mol. The quantitative estimate of drug-likeness (QED) is 0.395. The van der Waals surface area contributed by atoms with E-state index in [0.29, 0.717) is 0 Å². The van der Waals surface area contributed by atoms with Gasteiger partial charge in [-0.1, -0.05) is 0 Å². The highest BCUT2D eigenvalue weighted by molar-refractivity contribution is 8.46. The van der Waals surface area contributed by atoms with Gasteiger partial charge < -0.3 is 0 Å². The normalized spacial score (nSPS) is 17.4. The summed E-state index contributed by atoms with van der Waals surface area (Å²) in [5, 5.41) is 0. The molecule has 0 atom stereocenters. The molecule has 0 aliphatic carbocycles. The molecular weight excluding hydrogens is 106 g/mol. The fourth-order valence-electron chi connectivity index (χ4n) is 0. The Morgan fingerprint density at radius 3 is 1.29 bits per heavy atom. The lowest BCUT2D eigenvalue weighted by molar-refractivity contribution is 1.75. The van der Waals surface area contributed by atoms with Crippen LogP contribution in [-0.2, 0) is 0 Å². The second-order valence-corrected chi connectivity index (χ2v) is 10.9. The van der Waals surface area contributed by atoms with E-state index in [1.807, 2.05) is 0 Å². The maximum atomic E-state index is 4.03. The van der Waals surface area contributed by atoms with Gasteiger partial charge in [-0.2, -0.15) is 0 Å². The summed E-state index contributed by atoms with van der Waals surface area (Å²) in [5.74, 6) is 0. The molecule has 0 rings (SSSR count). The smallest absolute Gasteiger partial charge is 0.00503 e. The molecule has 0 aliphatic heterocycles. The Balaban J connectivity index is 4.10. The molecule has 0 N–H and O–H groups in total. The van der Waals surface area contributed by atoms with E-state index in [-0.39, 0.29) is 0 Å². The SMILES string of the molecule is C=N[SH](C)(C)(C)C. The van der Waals surface area contributed by atoms with Crippen molar-refractivity contribution >= 4 is 16.1 Å². The van der Waals surface area contributed by atoms with Crippen LogP contribution in [0, 0.1) is 0 Å². The first-order chi connectivity index (χ1) is 2.81. The molecule has 0 aromatic rings. The van der Waals surface area contributed by atoms with Gasteiger partial charge in [0.25, 0.3) is 0 Å². The number of rotatable bonds is 1. The minimum absolute atomic E-state index is 1.56. The third-order valence-electron chi connectivity index (χ3n) is 0.566. The van der Waals surface area contributed by atoms with Gasteiger partial charge in [-0.3, -0.25) is 4.40 Å². The summed E-state index contributed by atoms with van der Waals surface area (Å²) in [6, 6.07) is 0. The highest BCUT2D eigenvalue weighted by Crippen LogP contribution is 2.56. The standard InChI is InChI=1S/C5H15NS/c1-6-7(2,3,4)5/h7H,1H2,2-5H3. The maximum absolute atomic E-state index is 4.03. The number of hydrogen-bond acceptors (Lipinski definition) is 1. The Morgan fingerprint density at radius 2 is 1.29 bits per heavy atom. The van der Waals surface area contributed by atoms with Gasteiger partial charge in [0, 0.05) is 0 Å². The third-order valence-corrected chi connectivity index (χ3v) is 1.70. The molecule has 0 fully saturated rings. The van der Waals surface area contributed by atoms with Crippen LogP contribution in [0.3, 0.4) is 0 Å². The van der Waals surface area contributed by atoms with E-state index in [0.717, 1.165) is 0 Å². The zero-order valence-electron chi connectivity index (χ0n) is 5.60. The zero-order valence-corrected chi connectivity index (χ0v) is 6.50. The largest absolute Gasteiger partial charge is 0.272 e. The number of nitrogens with zero attached hydrogens (tertiary/aromatic N) is 1. The molecule has 1 nitrogen and oxygen atoms in total. The summed E-state index contributed by atoms with van der Waals surface area (Å²) in [4.78, 5) is 0. The summed E-state index contributed by atoms with van der Waals surface area (Å²) in [7, 11) is -1.56. The molecule has 0 aromatic heterocycles. The van der Waals surface area contributed by atoms with E-state index in [9.17, 15) is 0 Å². The van der Waals surface area contributed by atoms with Crippen LogP contribution in [0.25, 0.3) is 0 Å². The molecular formula is C5H15NS. The van der Waals surface area contributed by atoms with Crippen molar-refractivity contribution in [2.45, 2.75) is 0 Å². The van der Waals surface area contributed by atoms with Crippen LogP contribution >= 0.6 is 9.35 Å². The fraction of sp³-hybridized carbons (Fsp3) is 0.800. The van der Waals surface area contributed by atoms with Crippen LogP contribution in [0.2, 0.25) is 0 Å². The Labute approximate surface area is 46.3 Å². The van der Waals surface area contributed by atoms with Gasteiger partial charge in [-0.05, 0) is 31.7 Å². The number of hydrogen-bond donors (Lipinski definition) is 1. The van der Waals surface area contributed by atoms with Crippen molar-refractivity contribution in [1.82, 2.24) is 0 Å². The molecule has 0 saturated carbocycles. The lowest BCUT2D eigenvalue weighted by Gasteiger charge is -2.41.